The summed E-state index contributed by atoms with van der Waals surface area (Å²) in [5.41, 5.74) is 1.47. The van der Waals surface area contributed by atoms with Gasteiger partial charge >= 0.3 is 5.97 Å². The van der Waals surface area contributed by atoms with Gasteiger partial charge in [0, 0.05) is 5.57 Å². The third kappa shape index (κ3) is 3.60. The average Bonchev–Trinajstić information content (AvgIpc) is 2.85. The van der Waals surface area contributed by atoms with Crippen LogP contribution >= 0.6 is 0 Å². The summed E-state index contributed by atoms with van der Waals surface area (Å²) in [6.07, 6.45) is 4.79. The smallest absolute Gasteiger partial charge is 0.338 e. The van der Waals surface area contributed by atoms with Gasteiger partial charge < -0.3 is 9.47 Å². The van der Waals surface area contributed by atoms with Crippen LogP contribution in [0.25, 0.3) is 0 Å². The zero-order valence-corrected chi connectivity index (χ0v) is 11.6. The number of rotatable bonds is 4. The van der Waals surface area contributed by atoms with Crippen molar-refractivity contribution in [3.8, 4) is 11.5 Å². The van der Waals surface area contributed by atoms with Gasteiger partial charge in [-0.2, -0.15) is 0 Å². The molecule has 3 nitrogen and oxygen atoms in total. The molecule has 0 radical (unpaired) electrons. The average molecular weight is 260 g/mol. The summed E-state index contributed by atoms with van der Waals surface area (Å²) in [6, 6.07) is 5.60. The second-order valence-electron chi connectivity index (χ2n) is 5.14. The maximum absolute atomic E-state index is 11.6. The molecule has 0 atom stereocenters. The standard InChI is InChI=1S/C16H20O3/c1-11(2)16(17)19-14-9-8-12(3)10-15(14)18-13-6-4-5-7-13/h8-10,13H,1,4-7H2,2-3H3. The highest BCUT2D eigenvalue weighted by Gasteiger charge is 2.19. The lowest BCUT2D eigenvalue weighted by atomic mass is 10.2. The number of ether oxygens (including phenoxy) is 2. The highest BCUT2D eigenvalue weighted by atomic mass is 16.6. The highest BCUT2D eigenvalue weighted by Crippen LogP contribution is 2.32. The summed E-state index contributed by atoms with van der Waals surface area (Å²) < 4.78 is 11.3. The number of benzene rings is 1. The van der Waals surface area contributed by atoms with Crippen LogP contribution in [0.2, 0.25) is 0 Å². The summed E-state index contributed by atoms with van der Waals surface area (Å²) >= 11 is 0. The fourth-order valence-electron chi connectivity index (χ4n) is 2.16. The lowest BCUT2D eigenvalue weighted by Gasteiger charge is -2.16. The van der Waals surface area contributed by atoms with E-state index >= 15 is 0 Å². The van der Waals surface area contributed by atoms with E-state index in [0.29, 0.717) is 17.1 Å². The van der Waals surface area contributed by atoms with Crippen LogP contribution in [0.15, 0.2) is 30.4 Å². The predicted molar refractivity (Wildman–Crippen MR) is 74.5 cm³/mol. The molecule has 102 valence electrons. The summed E-state index contributed by atoms with van der Waals surface area (Å²) in [5, 5.41) is 0. The van der Waals surface area contributed by atoms with Gasteiger partial charge in [0.25, 0.3) is 0 Å². The molecule has 1 aliphatic rings. The Morgan fingerprint density at radius 3 is 2.58 bits per heavy atom. The van der Waals surface area contributed by atoms with Gasteiger partial charge in [-0.15, -0.1) is 0 Å². The van der Waals surface area contributed by atoms with Crippen LogP contribution in [0.5, 0.6) is 11.5 Å². The molecule has 0 unspecified atom stereocenters. The topological polar surface area (TPSA) is 35.5 Å². The van der Waals surface area contributed by atoms with E-state index in [1.807, 2.05) is 19.1 Å². The first kappa shape index (κ1) is 13.7. The first-order chi connectivity index (χ1) is 9.06. The minimum absolute atomic E-state index is 0.240. The SMILES string of the molecule is C=C(C)C(=O)Oc1ccc(C)cc1OC1CCCC1. The zero-order valence-electron chi connectivity index (χ0n) is 11.6. The van der Waals surface area contributed by atoms with Crippen molar-refractivity contribution in [3.05, 3.63) is 35.9 Å². The quantitative estimate of drug-likeness (QED) is 0.469. The van der Waals surface area contributed by atoms with Crippen molar-refractivity contribution in [2.45, 2.75) is 45.6 Å². The summed E-state index contributed by atoms with van der Waals surface area (Å²) in [4.78, 5) is 11.6. The Balaban J connectivity index is 2.16. The highest BCUT2D eigenvalue weighted by molar-refractivity contribution is 5.89. The van der Waals surface area contributed by atoms with Gasteiger partial charge in [-0.3, -0.25) is 0 Å². The first-order valence-corrected chi connectivity index (χ1v) is 6.71. The Morgan fingerprint density at radius 1 is 1.26 bits per heavy atom. The Labute approximate surface area is 114 Å². The van der Waals surface area contributed by atoms with Gasteiger partial charge in [0.2, 0.25) is 0 Å². The van der Waals surface area contributed by atoms with E-state index in [-0.39, 0.29) is 6.10 Å². The molecule has 1 aromatic carbocycles. The van der Waals surface area contributed by atoms with Crippen LogP contribution < -0.4 is 9.47 Å². The third-order valence-corrected chi connectivity index (χ3v) is 3.25. The van der Waals surface area contributed by atoms with Crippen LogP contribution in [0, 0.1) is 6.92 Å². The largest absolute Gasteiger partial charge is 0.487 e. The minimum Gasteiger partial charge on any atom is -0.487 e. The van der Waals surface area contributed by atoms with Crippen molar-refractivity contribution in [1.29, 1.82) is 0 Å². The summed E-state index contributed by atoms with van der Waals surface area (Å²) in [7, 11) is 0. The molecule has 1 aromatic rings. The number of carbonyl (C=O) groups is 1. The van der Waals surface area contributed by atoms with Crippen molar-refractivity contribution in [2.24, 2.45) is 0 Å². The fraction of sp³-hybridized carbons (Fsp3) is 0.438. The maximum Gasteiger partial charge on any atom is 0.338 e. The molecule has 1 fully saturated rings. The van der Waals surface area contributed by atoms with E-state index in [2.05, 4.69) is 6.58 Å². The molecule has 0 aliphatic heterocycles. The van der Waals surface area contributed by atoms with Gasteiger partial charge in [-0.1, -0.05) is 12.6 Å². The van der Waals surface area contributed by atoms with E-state index in [1.54, 1.807) is 13.0 Å². The van der Waals surface area contributed by atoms with E-state index in [9.17, 15) is 4.79 Å². The number of carbonyl (C=O) groups excluding carboxylic acids is 1. The van der Waals surface area contributed by atoms with Crippen molar-refractivity contribution in [2.75, 3.05) is 0 Å². The Morgan fingerprint density at radius 2 is 1.95 bits per heavy atom. The molecular formula is C16H20O3. The van der Waals surface area contributed by atoms with Crippen LogP contribution in [0.1, 0.15) is 38.2 Å². The fourth-order valence-corrected chi connectivity index (χ4v) is 2.16. The van der Waals surface area contributed by atoms with Gasteiger partial charge in [0.15, 0.2) is 11.5 Å². The Hall–Kier alpha value is -1.77. The molecule has 0 saturated heterocycles. The second kappa shape index (κ2) is 5.91. The molecule has 2 rings (SSSR count). The summed E-state index contributed by atoms with van der Waals surface area (Å²) in [6.45, 7) is 7.21. The Bertz CT molecular complexity index is 485. The third-order valence-electron chi connectivity index (χ3n) is 3.25. The molecule has 0 aromatic heterocycles. The van der Waals surface area contributed by atoms with E-state index in [0.717, 1.165) is 18.4 Å². The molecule has 0 N–H and O–H groups in total. The Kier molecular flexibility index (Phi) is 4.25. The van der Waals surface area contributed by atoms with Gasteiger partial charge in [-0.25, -0.2) is 4.79 Å². The van der Waals surface area contributed by atoms with Crippen molar-refractivity contribution in [3.63, 3.8) is 0 Å². The molecule has 19 heavy (non-hydrogen) atoms. The van der Waals surface area contributed by atoms with Gasteiger partial charge in [0.05, 0.1) is 6.10 Å². The predicted octanol–water partition coefficient (Wildman–Crippen LogP) is 3.80. The number of hydrogen-bond acceptors (Lipinski definition) is 3. The lowest BCUT2D eigenvalue weighted by molar-refractivity contribution is -0.130. The lowest BCUT2D eigenvalue weighted by Crippen LogP contribution is -2.14. The van der Waals surface area contributed by atoms with Crippen LogP contribution in [-0.2, 0) is 4.79 Å². The summed E-state index contributed by atoms with van der Waals surface area (Å²) in [5.74, 6) is 0.715. The number of esters is 1. The molecule has 3 heteroatoms. The van der Waals surface area contributed by atoms with E-state index in [1.165, 1.54) is 12.8 Å². The maximum atomic E-state index is 11.6. The van der Waals surface area contributed by atoms with Crippen molar-refractivity contribution < 1.29 is 14.3 Å². The molecule has 0 amide bonds. The molecule has 1 saturated carbocycles. The second-order valence-corrected chi connectivity index (χ2v) is 5.14. The first-order valence-electron chi connectivity index (χ1n) is 6.71. The molecule has 0 bridgehead atoms. The van der Waals surface area contributed by atoms with E-state index in [4.69, 9.17) is 9.47 Å². The van der Waals surface area contributed by atoms with Crippen LogP contribution in [-0.4, -0.2) is 12.1 Å². The van der Waals surface area contributed by atoms with Crippen molar-refractivity contribution >= 4 is 5.97 Å². The number of aryl methyl sites for hydroxylation is 1. The molecular weight excluding hydrogens is 240 g/mol. The molecule has 0 spiro atoms. The normalized spacial score (nSPS) is 15.3. The van der Waals surface area contributed by atoms with Crippen LogP contribution in [0.3, 0.4) is 0 Å². The molecule has 1 aliphatic carbocycles. The monoisotopic (exact) mass is 260 g/mol. The minimum atomic E-state index is -0.417. The van der Waals surface area contributed by atoms with Gasteiger partial charge in [-0.05, 0) is 57.2 Å². The van der Waals surface area contributed by atoms with Crippen molar-refractivity contribution in [1.82, 2.24) is 0 Å². The molecule has 0 heterocycles. The van der Waals surface area contributed by atoms with Gasteiger partial charge in [0.1, 0.15) is 0 Å². The zero-order chi connectivity index (χ0) is 13.8. The van der Waals surface area contributed by atoms with Crippen LogP contribution in [0.4, 0.5) is 0 Å². The number of hydrogen-bond donors (Lipinski definition) is 0. The van der Waals surface area contributed by atoms with E-state index < -0.39 is 5.97 Å².